The van der Waals surface area contributed by atoms with E-state index in [9.17, 15) is 4.79 Å². The number of benzene rings is 1. The summed E-state index contributed by atoms with van der Waals surface area (Å²) in [6.07, 6.45) is 1.74. The van der Waals surface area contributed by atoms with Gasteiger partial charge < -0.3 is 13.8 Å². The second-order valence-electron chi connectivity index (χ2n) is 6.82. The van der Waals surface area contributed by atoms with Crippen molar-refractivity contribution in [3.05, 3.63) is 47.5 Å². The molecule has 27 heavy (non-hydrogen) atoms. The molecule has 140 valence electrons. The number of piperidine rings is 1. The van der Waals surface area contributed by atoms with Gasteiger partial charge in [0.15, 0.2) is 0 Å². The van der Waals surface area contributed by atoms with Crippen LogP contribution >= 0.6 is 0 Å². The third kappa shape index (κ3) is 3.74. The predicted octanol–water partition coefficient (Wildman–Crippen LogP) is 2.69. The van der Waals surface area contributed by atoms with Gasteiger partial charge in [-0.3, -0.25) is 4.79 Å². The summed E-state index contributed by atoms with van der Waals surface area (Å²) >= 11 is 0. The molecule has 1 fully saturated rings. The molecule has 8 nitrogen and oxygen atoms in total. The number of hydrogen-bond acceptors (Lipinski definition) is 7. The van der Waals surface area contributed by atoms with Crippen molar-refractivity contribution in [3.63, 3.8) is 0 Å². The second kappa shape index (κ2) is 7.30. The van der Waals surface area contributed by atoms with Gasteiger partial charge in [-0.1, -0.05) is 29.4 Å². The molecule has 0 saturated carbocycles. The number of carbonyl (C=O) groups is 1. The van der Waals surface area contributed by atoms with Gasteiger partial charge in [0, 0.05) is 31.5 Å². The Hall–Kier alpha value is -3.03. The van der Waals surface area contributed by atoms with Crippen LogP contribution < -0.4 is 0 Å². The van der Waals surface area contributed by atoms with E-state index in [1.807, 2.05) is 36.1 Å². The van der Waals surface area contributed by atoms with Gasteiger partial charge in [-0.25, -0.2) is 0 Å². The van der Waals surface area contributed by atoms with Gasteiger partial charge in [0.2, 0.25) is 29.4 Å². The smallest absolute Gasteiger partial charge is 0.236 e. The third-order valence-electron chi connectivity index (χ3n) is 4.90. The Balaban J connectivity index is 1.36. The average Bonchev–Trinajstić information content (AvgIpc) is 3.31. The first kappa shape index (κ1) is 17.4. The van der Waals surface area contributed by atoms with E-state index in [4.69, 9.17) is 8.94 Å². The zero-order valence-corrected chi connectivity index (χ0v) is 15.4. The van der Waals surface area contributed by atoms with Gasteiger partial charge in [-0.2, -0.15) is 4.98 Å². The lowest BCUT2D eigenvalue weighted by Gasteiger charge is -2.30. The summed E-state index contributed by atoms with van der Waals surface area (Å²) in [5, 5.41) is 12.0. The average molecular weight is 367 g/mol. The molecule has 0 radical (unpaired) electrons. The van der Waals surface area contributed by atoms with Crippen molar-refractivity contribution >= 4 is 5.91 Å². The highest BCUT2D eigenvalue weighted by Crippen LogP contribution is 2.27. The second-order valence-corrected chi connectivity index (χ2v) is 6.82. The number of rotatable bonds is 4. The molecule has 3 heterocycles. The maximum Gasteiger partial charge on any atom is 0.236 e. The molecule has 1 aliphatic heterocycles. The fourth-order valence-corrected chi connectivity index (χ4v) is 3.35. The van der Waals surface area contributed by atoms with Crippen LogP contribution in [0, 0.1) is 13.8 Å². The molecule has 0 unspecified atom stereocenters. The standard InChI is InChI=1S/C19H21N5O3/c1-12-5-3-4-6-15(12)18-20-16(27-23-18)11-17(25)24-9-7-14(8-10-24)19-22-21-13(2)26-19/h3-6,14H,7-11H2,1-2H3. The van der Waals surface area contributed by atoms with Crippen LogP contribution in [0.25, 0.3) is 11.4 Å². The van der Waals surface area contributed by atoms with Crippen molar-refractivity contribution in [3.8, 4) is 11.4 Å². The third-order valence-corrected chi connectivity index (χ3v) is 4.90. The van der Waals surface area contributed by atoms with E-state index in [1.165, 1.54) is 0 Å². The molecule has 0 N–H and O–H groups in total. The van der Waals surface area contributed by atoms with Crippen molar-refractivity contribution in [2.45, 2.75) is 39.0 Å². The monoisotopic (exact) mass is 367 g/mol. The van der Waals surface area contributed by atoms with Gasteiger partial charge in [-0.05, 0) is 25.3 Å². The van der Waals surface area contributed by atoms with Crippen LogP contribution in [0.1, 0.15) is 42.0 Å². The Morgan fingerprint density at radius 1 is 1.19 bits per heavy atom. The molecule has 1 aromatic carbocycles. The lowest BCUT2D eigenvalue weighted by atomic mass is 9.96. The topological polar surface area (TPSA) is 98.2 Å². The molecule has 0 aliphatic carbocycles. The van der Waals surface area contributed by atoms with Crippen LogP contribution in [0.2, 0.25) is 0 Å². The summed E-state index contributed by atoms with van der Waals surface area (Å²) in [5.41, 5.74) is 1.98. The van der Waals surface area contributed by atoms with E-state index >= 15 is 0 Å². The summed E-state index contributed by atoms with van der Waals surface area (Å²) < 4.78 is 10.8. The van der Waals surface area contributed by atoms with Crippen LogP contribution in [-0.2, 0) is 11.2 Å². The SMILES string of the molecule is Cc1nnc(C2CCN(C(=O)Cc3nc(-c4ccccc4C)no3)CC2)o1. The van der Waals surface area contributed by atoms with E-state index in [1.54, 1.807) is 6.92 Å². The number of aryl methyl sites for hydroxylation is 2. The summed E-state index contributed by atoms with van der Waals surface area (Å²) in [7, 11) is 0. The maximum atomic E-state index is 12.6. The molecule has 1 saturated heterocycles. The Labute approximate surface area is 156 Å². The van der Waals surface area contributed by atoms with Crippen molar-refractivity contribution in [2.24, 2.45) is 0 Å². The molecule has 0 bridgehead atoms. The van der Waals surface area contributed by atoms with Gasteiger partial charge in [-0.15, -0.1) is 10.2 Å². The number of carbonyl (C=O) groups excluding carboxylic acids is 1. The lowest BCUT2D eigenvalue weighted by Crippen LogP contribution is -2.38. The highest BCUT2D eigenvalue weighted by Gasteiger charge is 2.28. The van der Waals surface area contributed by atoms with Crippen molar-refractivity contribution in [2.75, 3.05) is 13.1 Å². The molecule has 0 atom stereocenters. The molecule has 8 heteroatoms. The first-order valence-electron chi connectivity index (χ1n) is 9.06. The van der Waals surface area contributed by atoms with Crippen LogP contribution in [0.4, 0.5) is 0 Å². The molecule has 2 aromatic heterocycles. The number of amides is 1. The van der Waals surface area contributed by atoms with E-state index in [0.29, 0.717) is 36.6 Å². The van der Waals surface area contributed by atoms with Crippen LogP contribution in [0.5, 0.6) is 0 Å². The van der Waals surface area contributed by atoms with Crippen molar-refractivity contribution in [1.29, 1.82) is 0 Å². The first-order chi connectivity index (χ1) is 13.1. The molecular weight excluding hydrogens is 346 g/mol. The Morgan fingerprint density at radius 3 is 2.67 bits per heavy atom. The largest absolute Gasteiger partial charge is 0.425 e. The van der Waals surface area contributed by atoms with Crippen LogP contribution in [0.15, 0.2) is 33.2 Å². The van der Waals surface area contributed by atoms with Gasteiger partial charge in [0.25, 0.3) is 0 Å². The predicted molar refractivity (Wildman–Crippen MR) is 95.8 cm³/mol. The van der Waals surface area contributed by atoms with Gasteiger partial charge in [0.05, 0.1) is 0 Å². The number of aromatic nitrogens is 4. The highest BCUT2D eigenvalue weighted by atomic mass is 16.5. The van der Waals surface area contributed by atoms with E-state index < -0.39 is 0 Å². The summed E-state index contributed by atoms with van der Waals surface area (Å²) in [5.74, 6) is 2.31. The van der Waals surface area contributed by atoms with E-state index in [-0.39, 0.29) is 18.2 Å². The first-order valence-corrected chi connectivity index (χ1v) is 9.06. The summed E-state index contributed by atoms with van der Waals surface area (Å²) in [6.45, 7) is 5.09. The minimum absolute atomic E-state index is 0.00450. The Bertz CT molecular complexity index is 940. The van der Waals surface area contributed by atoms with Crippen LogP contribution in [-0.4, -0.2) is 44.2 Å². The Morgan fingerprint density at radius 2 is 1.96 bits per heavy atom. The molecule has 0 spiro atoms. The molecule has 1 aliphatic rings. The Kier molecular flexibility index (Phi) is 4.70. The summed E-state index contributed by atoms with van der Waals surface area (Å²) in [6, 6.07) is 7.82. The minimum atomic E-state index is -0.00450. The zero-order valence-electron chi connectivity index (χ0n) is 15.4. The molecule has 3 aromatic rings. The lowest BCUT2D eigenvalue weighted by molar-refractivity contribution is -0.132. The summed E-state index contributed by atoms with van der Waals surface area (Å²) in [4.78, 5) is 18.8. The minimum Gasteiger partial charge on any atom is -0.425 e. The van der Waals surface area contributed by atoms with E-state index in [2.05, 4.69) is 20.3 Å². The number of nitrogens with zero attached hydrogens (tertiary/aromatic N) is 5. The van der Waals surface area contributed by atoms with Crippen molar-refractivity contribution in [1.82, 2.24) is 25.2 Å². The zero-order chi connectivity index (χ0) is 18.8. The molecule has 4 rings (SSSR count). The highest BCUT2D eigenvalue weighted by molar-refractivity contribution is 5.78. The fraction of sp³-hybridized carbons (Fsp3) is 0.421. The van der Waals surface area contributed by atoms with Gasteiger partial charge >= 0.3 is 0 Å². The maximum absolute atomic E-state index is 12.6. The number of hydrogen-bond donors (Lipinski definition) is 0. The number of likely N-dealkylation sites (tertiary alicyclic amines) is 1. The molecular formula is C19H21N5O3. The van der Waals surface area contributed by atoms with E-state index in [0.717, 1.165) is 24.0 Å². The van der Waals surface area contributed by atoms with Gasteiger partial charge in [0.1, 0.15) is 6.42 Å². The van der Waals surface area contributed by atoms with Crippen LogP contribution in [0.3, 0.4) is 0 Å². The molecule has 1 amide bonds. The normalized spacial score (nSPS) is 15.3. The fourth-order valence-electron chi connectivity index (χ4n) is 3.35. The van der Waals surface area contributed by atoms with Crippen molar-refractivity contribution < 1.29 is 13.7 Å². The quantitative estimate of drug-likeness (QED) is 0.699.